The van der Waals surface area contributed by atoms with Crippen molar-refractivity contribution in [3.05, 3.63) is 0 Å². The fourth-order valence-electron chi connectivity index (χ4n) is 3.23. The molecular weight excluding hydrogens is 240 g/mol. The molecule has 0 aromatic rings. The quantitative estimate of drug-likeness (QED) is 0.828. The molecule has 110 valence electrons. The lowest BCUT2D eigenvalue weighted by Crippen LogP contribution is -2.50. The van der Waals surface area contributed by atoms with Crippen LogP contribution >= 0.6 is 0 Å². The van der Waals surface area contributed by atoms with Crippen LogP contribution in [0.15, 0.2) is 0 Å². The van der Waals surface area contributed by atoms with Gasteiger partial charge in [-0.25, -0.2) is 0 Å². The molecule has 2 heterocycles. The van der Waals surface area contributed by atoms with Gasteiger partial charge in [0.05, 0.1) is 6.10 Å². The normalized spacial score (nSPS) is 29.9. The molecule has 2 fully saturated rings. The molecule has 1 N–H and O–H groups in total. The Labute approximate surface area is 116 Å². The second-order valence-corrected chi connectivity index (χ2v) is 6.55. The standard InChI is InChI=1S/C15H28N2O2/c1-12-11-17(8-5-9-19-12)14(18)15(2,3)13-6-4-7-16-10-13/h12-13,16H,4-11H2,1-3H3. The van der Waals surface area contributed by atoms with Crippen molar-refractivity contribution in [3.63, 3.8) is 0 Å². The number of carbonyl (C=O) groups excluding carboxylic acids is 1. The van der Waals surface area contributed by atoms with E-state index in [1.165, 1.54) is 6.42 Å². The first-order valence-corrected chi connectivity index (χ1v) is 7.63. The molecule has 0 aliphatic carbocycles. The third-order valence-corrected chi connectivity index (χ3v) is 4.61. The van der Waals surface area contributed by atoms with Gasteiger partial charge in [-0.05, 0) is 45.2 Å². The zero-order valence-corrected chi connectivity index (χ0v) is 12.6. The topological polar surface area (TPSA) is 41.6 Å². The average molecular weight is 268 g/mol. The number of hydrogen-bond donors (Lipinski definition) is 1. The van der Waals surface area contributed by atoms with E-state index in [2.05, 4.69) is 26.1 Å². The van der Waals surface area contributed by atoms with E-state index in [9.17, 15) is 4.79 Å². The molecule has 2 unspecified atom stereocenters. The number of hydrogen-bond acceptors (Lipinski definition) is 3. The Balaban J connectivity index is 2.03. The number of carbonyl (C=O) groups is 1. The van der Waals surface area contributed by atoms with E-state index < -0.39 is 0 Å². The molecule has 0 aromatic heterocycles. The fourth-order valence-corrected chi connectivity index (χ4v) is 3.23. The number of rotatable bonds is 2. The van der Waals surface area contributed by atoms with Crippen LogP contribution in [0.5, 0.6) is 0 Å². The van der Waals surface area contributed by atoms with Crippen LogP contribution in [-0.2, 0) is 9.53 Å². The van der Waals surface area contributed by atoms with Gasteiger partial charge < -0.3 is 15.0 Å². The Bertz CT molecular complexity index is 311. The van der Waals surface area contributed by atoms with E-state index in [0.29, 0.717) is 11.8 Å². The van der Waals surface area contributed by atoms with E-state index in [1.807, 2.05) is 4.90 Å². The SMILES string of the molecule is CC1CN(C(=O)C(C)(C)C2CCCNC2)CCCO1. The fraction of sp³-hybridized carbons (Fsp3) is 0.933. The summed E-state index contributed by atoms with van der Waals surface area (Å²) in [6, 6.07) is 0. The molecular formula is C15H28N2O2. The van der Waals surface area contributed by atoms with Crippen molar-refractivity contribution in [1.82, 2.24) is 10.2 Å². The van der Waals surface area contributed by atoms with Gasteiger partial charge in [-0.2, -0.15) is 0 Å². The molecule has 0 radical (unpaired) electrons. The van der Waals surface area contributed by atoms with Gasteiger partial charge in [0, 0.05) is 25.1 Å². The Hall–Kier alpha value is -0.610. The summed E-state index contributed by atoms with van der Waals surface area (Å²) in [6.07, 6.45) is 3.45. The van der Waals surface area contributed by atoms with E-state index in [1.54, 1.807) is 0 Å². The van der Waals surface area contributed by atoms with E-state index in [-0.39, 0.29) is 11.5 Å². The molecule has 2 aliphatic heterocycles. The van der Waals surface area contributed by atoms with Crippen LogP contribution in [0, 0.1) is 11.3 Å². The monoisotopic (exact) mass is 268 g/mol. The van der Waals surface area contributed by atoms with Crippen molar-refractivity contribution >= 4 is 5.91 Å². The predicted molar refractivity (Wildman–Crippen MR) is 76.0 cm³/mol. The van der Waals surface area contributed by atoms with Gasteiger partial charge in [0.1, 0.15) is 0 Å². The molecule has 0 spiro atoms. The second-order valence-electron chi connectivity index (χ2n) is 6.55. The smallest absolute Gasteiger partial charge is 0.228 e. The first-order chi connectivity index (χ1) is 9.01. The first-order valence-electron chi connectivity index (χ1n) is 7.63. The summed E-state index contributed by atoms with van der Waals surface area (Å²) in [6.45, 7) is 10.7. The largest absolute Gasteiger partial charge is 0.377 e. The molecule has 4 heteroatoms. The highest BCUT2D eigenvalue weighted by Crippen LogP contribution is 2.34. The van der Waals surface area contributed by atoms with Gasteiger partial charge in [-0.3, -0.25) is 4.79 Å². The summed E-state index contributed by atoms with van der Waals surface area (Å²) < 4.78 is 5.64. The predicted octanol–water partition coefficient (Wildman–Crippen LogP) is 1.65. The molecule has 0 aromatic carbocycles. The number of ether oxygens (including phenoxy) is 1. The van der Waals surface area contributed by atoms with Crippen molar-refractivity contribution in [2.45, 2.75) is 46.1 Å². The lowest BCUT2D eigenvalue weighted by molar-refractivity contribution is -0.144. The van der Waals surface area contributed by atoms with Crippen LogP contribution in [0.1, 0.15) is 40.0 Å². The lowest BCUT2D eigenvalue weighted by Gasteiger charge is -2.39. The highest BCUT2D eigenvalue weighted by molar-refractivity contribution is 5.82. The van der Waals surface area contributed by atoms with Gasteiger partial charge in [-0.1, -0.05) is 13.8 Å². The van der Waals surface area contributed by atoms with Crippen LogP contribution in [0.3, 0.4) is 0 Å². The van der Waals surface area contributed by atoms with Crippen LogP contribution in [0.4, 0.5) is 0 Å². The maximum Gasteiger partial charge on any atom is 0.228 e. The number of piperidine rings is 1. The number of amides is 1. The van der Waals surface area contributed by atoms with Crippen molar-refractivity contribution in [1.29, 1.82) is 0 Å². The van der Waals surface area contributed by atoms with Gasteiger partial charge in [-0.15, -0.1) is 0 Å². The summed E-state index contributed by atoms with van der Waals surface area (Å²) in [5.41, 5.74) is -0.266. The van der Waals surface area contributed by atoms with E-state index in [0.717, 1.165) is 45.6 Å². The minimum absolute atomic E-state index is 0.159. The maximum absolute atomic E-state index is 12.9. The Morgan fingerprint density at radius 1 is 1.37 bits per heavy atom. The molecule has 1 amide bonds. The Kier molecular flexibility index (Phi) is 4.85. The molecule has 0 bridgehead atoms. The average Bonchev–Trinajstić information content (AvgIpc) is 2.63. The molecule has 19 heavy (non-hydrogen) atoms. The van der Waals surface area contributed by atoms with E-state index in [4.69, 9.17) is 4.74 Å². The number of nitrogens with one attached hydrogen (secondary N) is 1. The van der Waals surface area contributed by atoms with Crippen LogP contribution in [0.25, 0.3) is 0 Å². The van der Waals surface area contributed by atoms with Crippen molar-refractivity contribution in [2.24, 2.45) is 11.3 Å². The third kappa shape index (κ3) is 3.48. The number of nitrogens with zero attached hydrogens (tertiary/aromatic N) is 1. The molecule has 2 atom stereocenters. The highest BCUT2D eigenvalue weighted by atomic mass is 16.5. The molecule has 2 saturated heterocycles. The third-order valence-electron chi connectivity index (χ3n) is 4.61. The summed E-state index contributed by atoms with van der Waals surface area (Å²) in [5.74, 6) is 0.756. The van der Waals surface area contributed by atoms with Crippen molar-refractivity contribution in [2.75, 3.05) is 32.8 Å². The summed E-state index contributed by atoms with van der Waals surface area (Å²) in [4.78, 5) is 14.9. The van der Waals surface area contributed by atoms with E-state index >= 15 is 0 Å². The van der Waals surface area contributed by atoms with Crippen LogP contribution < -0.4 is 5.32 Å². The minimum atomic E-state index is -0.266. The molecule has 2 aliphatic rings. The van der Waals surface area contributed by atoms with Crippen molar-refractivity contribution < 1.29 is 9.53 Å². The van der Waals surface area contributed by atoms with Gasteiger partial charge in [0.25, 0.3) is 0 Å². The zero-order valence-electron chi connectivity index (χ0n) is 12.6. The second kappa shape index (κ2) is 6.23. The van der Waals surface area contributed by atoms with Gasteiger partial charge in [0.2, 0.25) is 5.91 Å². The first kappa shape index (κ1) is 14.8. The highest BCUT2D eigenvalue weighted by Gasteiger charge is 2.40. The molecule has 2 rings (SSSR count). The Morgan fingerprint density at radius 2 is 2.16 bits per heavy atom. The van der Waals surface area contributed by atoms with Crippen LogP contribution in [-0.4, -0.2) is 49.7 Å². The van der Waals surface area contributed by atoms with Crippen LogP contribution in [0.2, 0.25) is 0 Å². The summed E-state index contributed by atoms with van der Waals surface area (Å²) >= 11 is 0. The lowest BCUT2D eigenvalue weighted by atomic mass is 9.74. The molecule has 0 saturated carbocycles. The van der Waals surface area contributed by atoms with Crippen molar-refractivity contribution in [3.8, 4) is 0 Å². The minimum Gasteiger partial charge on any atom is -0.377 e. The molecule has 4 nitrogen and oxygen atoms in total. The Morgan fingerprint density at radius 3 is 2.84 bits per heavy atom. The maximum atomic E-state index is 12.9. The summed E-state index contributed by atoms with van der Waals surface area (Å²) in [7, 11) is 0. The zero-order chi connectivity index (χ0) is 13.9. The van der Waals surface area contributed by atoms with Gasteiger partial charge in [0.15, 0.2) is 0 Å². The van der Waals surface area contributed by atoms with Gasteiger partial charge >= 0.3 is 0 Å². The summed E-state index contributed by atoms with van der Waals surface area (Å²) in [5, 5.41) is 3.42.